The summed E-state index contributed by atoms with van der Waals surface area (Å²) in [5.74, 6) is 0.281. The lowest BCUT2D eigenvalue weighted by Gasteiger charge is -2.29. The van der Waals surface area contributed by atoms with Crippen LogP contribution in [0.25, 0.3) is 0 Å². The van der Waals surface area contributed by atoms with Crippen LogP contribution in [-0.2, 0) is 4.79 Å². The fourth-order valence-corrected chi connectivity index (χ4v) is 3.90. The van der Waals surface area contributed by atoms with Crippen molar-refractivity contribution < 1.29 is 9.59 Å². The highest BCUT2D eigenvalue weighted by Gasteiger charge is 2.23. The smallest absolute Gasteiger partial charge is 0.321 e. The molecular weight excluding hydrogens is 322 g/mol. The minimum Gasteiger partial charge on any atom is -0.363 e. The summed E-state index contributed by atoms with van der Waals surface area (Å²) in [7, 11) is 1.76. The van der Waals surface area contributed by atoms with Gasteiger partial charge in [0.05, 0.1) is 5.75 Å². The number of aromatic nitrogens is 2. The van der Waals surface area contributed by atoms with Crippen molar-refractivity contribution in [1.29, 1.82) is 0 Å². The number of urea groups is 1. The highest BCUT2D eigenvalue weighted by Crippen LogP contribution is 2.25. The van der Waals surface area contributed by atoms with Gasteiger partial charge in [-0.25, -0.2) is 4.79 Å². The van der Waals surface area contributed by atoms with E-state index in [1.165, 1.54) is 29.5 Å². The normalized spacial score (nSPS) is 21.2. The number of carbonyl (C=O) groups is 2. The molecule has 1 fully saturated rings. The Morgan fingerprint density at radius 1 is 1.32 bits per heavy atom. The molecule has 0 bridgehead atoms. The molecule has 0 radical (unpaired) electrons. The van der Waals surface area contributed by atoms with E-state index >= 15 is 0 Å². The van der Waals surface area contributed by atoms with E-state index in [0.29, 0.717) is 15.4 Å². The second-order valence-electron chi connectivity index (χ2n) is 5.30. The molecule has 1 heterocycles. The highest BCUT2D eigenvalue weighted by atomic mass is 32.2. The first-order chi connectivity index (χ1) is 10.6. The molecule has 122 valence electrons. The second kappa shape index (κ2) is 8.33. The Hall–Kier alpha value is -1.35. The van der Waals surface area contributed by atoms with E-state index in [1.807, 2.05) is 0 Å². The van der Waals surface area contributed by atoms with Crippen LogP contribution in [0.1, 0.15) is 32.6 Å². The molecule has 1 saturated carbocycles. The van der Waals surface area contributed by atoms with Crippen LogP contribution in [0.5, 0.6) is 0 Å². The molecule has 3 amide bonds. The Labute approximate surface area is 138 Å². The maximum Gasteiger partial charge on any atom is 0.321 e. The molecule has 0 aliphatic heterocycles. The van der Waals surface area contributed by atoms with Gasteiger partial charge in [-0.15, -0.1) is 10.2 Å². The zero-order chi connectivity index (χ0) is 15.9. The van der Waals surface area contributed by atoms with Crippen molar-refractivity contribution in [3.05, 3.63) is 0 Å². The van der Waals surface area contributed by atoms with E-state index in [2.05, 4.69) is 33.1 Å². The summed E-state index contributed by atoms with van der Waals surface area (Å²) in [5, 5.41) is 16.7. The van der Waals surface area contributed by atoms with Gasteiger partial charge in [0.25, 0.3) is 0 Å². The van der Waals surface area contributed by atoms with Gasteiger partial charge in [0, 0.05) is 13.1 Å². The van der Waals surface area contributed by atoms with Crippen LogP contribution in [0, 0.1) is 5.92 Å². The van der Waals surface area contributed by atoms with Crippen molar-refractivity contribution in [2.24, 2.45) is 5.92 Å². The topological polar surface area (TPSA) is 96.0 Å². The molecule has 2 atom stereocenters. The number of anilines is 1. The lowest BCUT2D eigenvalue weighted by atomic mass is 9.86. The van der Waals surface area contributed by atoms with Gasteiger partial charge in [-0.2, -0.15) is 0 Å². The van der Waals surface area contributed by atoms with E-state index < -0.39 is 6.03 Å². The summed E-state index contributed by atoms with van der Waals surface area (Å²) >= 11 is 2.64. The highest BCUT2D eigenvalue weighted by molar-refractivity contribution is 8.01. The van der Waals surface area contributed by atoms with Gasteiger partial charge in [0.15, 0.2) is 4.34 Å². The van der Waals surface area contributed by atoms with Crippen LogP contribution in [0.3, 0.4) is 0 Å². The molecule has 1 aliphatic carbocycles. The third-order valence-corrected chi connectivity index (χ3v) is 5.70. The molecule has 9 heteroatoms. The molecule has 1 aliphatic rings. The lowest BCUT2D eigenvalue weighted by molar-refractivity contribution is -0.117. The Kier molecular flexibility index (Phi) is 6.44. The summed E-state index contributed by atoms with van der Waals surface area (Å²) in [6, 6.07) is -0.243. The van der Waals surface area contributed by atoms with E-state index in [0.717, 1.165) is 19.3 Å². The first-order valence-electron chi connectivity index (χ1n) is 7.33. The van der Waals surface area contributed by atoms with Gasteiger partial charge < -0.3 is 10.6 Å². The summed E-state index contributed by atoms with van der Waals surface area (Å²) in [6.45, 7) is 2.14. The number of hydrogen-bond donors (Lipinski definition) is 3. The van der Waals surface area contributed by atoms with Crippen molar-refractivity contribution in [1.82, 2.24) is 20.8 Å². The predicted molar refractivity (Wildman–Crippen MR) is 88.3 cm³/mol. The molecule has 7 nitrogen and oxygen atoms in total. The van der Waals surface area contributed by atoms with Crippen LogP contribution in [0.15, 0.2) is 4.34 Å². The molecule has 0 aromatic carbocycles. The molecule has 0 unspecified atom stereocenters. The molecular formula is C13H21N5O2S2. The van der Waals surface area contributed by atoms with Crippen molar-refractivity contribution >= 4 is 40.2 Å². The van der Waals surface area contributed by atoms with E-state index in [-0.39, 0.29) is 17.7 Å². The molecule has 3 N–H and O–H groups in total. The van der Waals surface area contributed by atoms with Crippen LogP contribution >= 0.6 is 23.1 Å². The van der Waals surface area contributed by atoms with Gasteiger partial charge >= 0.3 is 6.03 Å². The number of carbonyl (C=O) groups excluding carboxylic acids is 2. The average Bonchev–Trinajstić information content (AvgIpc) is 2.95. The Morgan fingerprint density at radius 2 is 2.09 bits per heavy atom. The standard InChI is InChI=1S/C13H21N5O2S2/c1-8-5-3-4-6-9(8)15-11(20)16-10(19)7-21-13-18-17-12(14-2)22-13/h8-9H,3-7H2,1-2H3,(H,14,17)(H2,15,16,19,20)/t8-,9+/m0/s1. The van der Waals surface area contributed by atoms with Crippen molar-refractivity contribution in [2.45, 2.75) is 43.0 Å². The summed E-state index contributed by atoms with van der Waals surface area (Å²) in [4.78, 5) is 23.6. The first kappa shape index (κ1) is 17.0. The molecule has 0 saturated heterocycles. The minimum atomic E-state index is -0.405. The number of rotatable bonds is 5. The fourth-order valence-electron chi connectivity index (χ4n) is 2.39. The molecule has 2 rings (SSSR count). The third kappa shape index (κ3) is 5.13. The van der Waals surface area contributed by atoms with E-state index in [4.69, 9.17) is 0 Å². The van der Waals surface area contributed by atoms with E-state index in [1.54, 1.807) is 7.05 Å². The number of nitrogens with zero attached hydrogens (tertiary/aromatic N) is 2. The summed E-state index contributed by atoms with van der Waals surface area (Å²) < 4.78 is 0.695. The zero-order valence-electron chi connectivity index (χ0n) is 12.7. The number of amides is 3. The Bertz CT molecular complexity index is 522. The van der Waals surface area contributed by atoms with Crippen LogP contribution in [-0.4, -0.2) is 41.0 Å². The maximum absolute atomic E-state index is 11.8. The van der Waals surface area contributed by atoms with Crippen LogP contribution in [0.2, 0.25) is 0 Å². The number of thioether (sulfide) groups is 1. The quantitative estimate of drug-likeness (QED) is 0.708. The third-order valence-electron chi connectivity index (χ3n) is 3.63. The number of imide groups is 1. The van der Waals surface area contributed by atoms with Crippen molar-refractivity contribution in [2.75, 3.05) is 18.1 Å². The lowest BCUT2D eigenvalue weighted by Crippen LogP contribution is -2.48. The van der Waals surface area contributed by atoms with Gasteiger partial charge in [-0.1, -0.05) is 42.9 Å². The van der Waals surface area contributed by atoms with E-state index in [9.17, 15) is 9.59 Å². The van der Waals surface area contributed by atoms with Gasteiger partial charge in [-0.3, -0.25) is 10.1 Å². The zero-order valence-corrected chi connectivity index (χ0v) is 14.4. The van der Waals surface area contributed by atoms with Crippen LogP contribution < -0.4 is 16.0 Å². The van der Waals surface area contributed by atoms with Gasteiger partial charge in [0.2, 0.25) is 11.0 Å². The SMILES string of the molecule is CNc1nnc(SCC(=O)NC(=O)N[C@@H]2CCCC[C@@H]2C)s1. The number of hydrogen-bond acceptors (Lipinski definition) is 7. The fraction of sp³-hybridized carbons (Fsp3) is 0.692. The second-order valence-corrected chi connectivity index (χ2v) is 7.50. The monoisotopic (exact) mass is 343 g/mol. The van der Waals surface area contributed by atoms with Crippen molar-refractivity contribution in [3.63, 3.8) is 0 Å². The molecule has 0 spiro atoms. The number of nitrogens with one attached hydrogen (secondary N) is 3. The maximum atomic E-state index is 11.8. The Balaban J connectivity index is 1.70. The predicted octanol–water partition coefficient (Wildman–Crippen LogP) is 2.08. The first-order valence-corrected chi connectivity index (χ1v) is 9.13. The minimum absolute atomic E-state index is 0.145. The molecule has 22 heavy (non-hydrogen) atoms. The largest absolute Gasteiger partial charge is 0.363 e. The van der Waals surface area contributed by atoms with Crippen molar-refractivity contribution in [3.8, 4) is 0 Å². The molecule has 1 aromatic rings. The van der Waals surface area contributed by atoms with Gasteiger partial charge in [0.1, 0.15) is 0 Å². The molecule has 1 aromatic heterocycles. The summed E-state index contributed by atoms with van der Waals surface area (Å²) in [6.07, 6.45) is 4.45. The van der Waals surface area contributed by atoms with Crippen LogP contribution in [0.4, 0.5) is 9.93 Å². The van der Waals surface area contributed by atoms with Gasteiger partial charge in [-0.05, 0) is 18.8 Å². The Morgan fingerprint density at radius 3 is 2.77 bits per heavy atom. The average molecular weight is 343 g/mol. The summed E-state index contributed by atoms with van der Waals surface area (Å²) in [5.41, 5.74) is 0.